The molecule has 0 fully saturated rings. The zero-order valence-corrected chi connectivity index (χ0v) is 10.8. The second kappa shape index (κ2) is 6.35. The molecule has 1 rings (SSSR count). The fraction of sp³-hybridized carbons (Fsp3) is 0.538. The fourth-order valence-electron chi connectivity index (χ4n) is 1.78. The molecule has 4 heteroatoms. The highest BCUT2D eigenvalue weighted by Crippen LogP contribution is 2.28. The predicted octanol–water partition coefficient (Wildman–Crippen LogP) is 1.87. The van der Waals surface area contributed by atoms with E-state index in [1.165, 1.54) is 0 Å². The number of ether oxygens (including phenoxy) is 1. The maximum absolute atomic E-state index is 9.08. The lowest BCUT2D eigenvalue weighted by atomic mass is 10.2. The Morgan fingerprint density at radius 1 is 1.41 bits per heavy atom. The van der Waals surface area contributed by atoms with Gasteiger partial charge in [-0.2, -0.15) is 0 Å². The van der Waals surface area contributed by atoms with Crippen LogP contribution in [0.1, 0.15) is 20.8 Å². The van der Waals surface area contributed by atoms with E-state index in [-0.39, 0.29) is 6.61 Å². The number of benzene rings is 1. The molecule has 0 bridgehead atoms. The number of nitrogen functional groups attached to an aromatic ring is 1. The summed E-state index contributed by atoms with van der Waals surface area (Å²) in [7, 11) is 0. The van der Waals surface area contributed by atoms with Crippen molar-refractivity contribution in [2.45, 2.75) is 26.8 Å². The van der Waals surface area contributed by atoms with E-state index in [2.05, 4.69) is 18.7 Å². The average molecular weight is 238 g/mol. The van der Waals surface area contributed by atoms with E-state index in [0.717, 1.165) is 5.69 Å². The Kier molecular flexibility index (Phi) is 5.10. The van der Waals surface area contributed by atoms with Crippen molar-refractivity contribution in [3.63, 3.8) is 0 Å². The van der Waals surface area contributed by atoms with E-state index in [4.69, 9.17) is 15.6 Å². The highest BCUT2D eigenvalue weighted by atomic mass is 16.5. The first-order valence-corrected chi connectivity index (χ1v) is 6.00. The summed E-state index contributed by atoms with van der Waals surface area (Å²) >= 11 is 0. The van der Waals surface area contributed by atoms with Crippen LogP contribution in [0.4, 0.5) is 11.4 Å². The van der Waals surface area contributed by atoms with Crippen molar-refractivity contribution in [1.82, 2.24) is 0 Å². The number of nitrogens with zero attached hydrogens (tertiary/aromatic N) is 1. The highest BCUT2D eigenvalue weighted by Gasteiger charge is 2.11. The molecule has 0 heterocycles. The first-order valence-electron chi connectivity index (χ1n) is 6.00. The smallest absolute Gasteiger partial charge is 0.144 e. The monoisotopic (exact) mass is 238 g/mol. The molecule has 0 spiro atoms. The number of aliphatic hydroxyl groups excluding tert-OH is 1. The van der Waals surface area contributed by atoms with Crippen LogP contribution in [0.2, 0.25) is 0 Å². The lowest BCUT2D eigenvalue weighted by Crippen LogP contribution is -2.33. The van der Waals surface area contributed by atoms with Crippen molar-refractivity contribution in [3.8, 4) is 5.75 Å². The summed E-state index contributed by atoms with van der Waals surface area (Å²) in [6.07, 6.45) is 0. The van der Waals surface area contributed by atoms with Crippen molar-refractivity contribution < 1.29 is 9.84 Å². The summed E-state index contributed by atoms with van der Waals surface area (Å²) in [5.41, 5.74) is 7.49. The summed E-state index contributed by atoms with van der Waals surface area (Å²) in [6.45, 7) is 7.44. The van der Waals surface area contributed by atoms with E-state index in [0.29, 0.717) is 30.6 Å². The van der Waals surface area contributed by atoms with Crippen molar-refractivity contribution in [2.24, 2.45) is 0 Å². The molecular weight excluding hydrogens is 216 g/mol. The van der Waals surface area contributed by atoms with Crippen molar-refractivity contribution in [2.75, 3.05) is 30.4 Å². The molecule has 0 aliphatic heterocycles. The Morgan fingerprint density at radius 2 is 2.12 bits per heavy atom. The molecule has 0 amide bonds. The molecule has 0 aromatic heterocycles. The van der Waals surface area contributed by atoms with Gasteiger partial charge in [0.25, 0.3) is 0 Å². The lowest BCUT2D eigenvalue weighted by molar-refractivity contribution is 0.299. The van der Waals surface area contributed by atoms with Gasteiger partial charge in [0.1, 0.15) is 5.75 Å². The normalized spacial score (nSPS) is 10.6. The summed E-state index contributed by atoms with van der Waals surface area (Å²) in [5.74, 6) is 0.702. The van der Waals surface area contributed by atoms with E-state index in [9.17, 15) is 0 Å². The van der Waals surface area contributed by atoms with E-state index < -0.39 is 0 Å². The Morgan fingerprint density at radius 3 is 2.65 bits per heavy atom. The second-order valence-corrected chi connectivity index (χ2v) is 4.17. The van der Waals surface area contributed by atoms with Gasteiger partial charge in [-0.05, 0) is 32.9 Å². The zero-order valence-electron chi connectivity index (χ0n) is 10.8. The first kappa shape index (κ1) is 13.6. The van der Waals surface area contributed by atoms with Gasteiger partial charge in [-0.1, -0.05) is 0 Å². The molecule has 1 aromatic rings. The molecule has 3 N–H and O–H groups in total. The second-order valence-electron chi connectivity index (χ2n) is 4.17. The molecular formula is C13H22N2O2. The van der Waals surface area contributed by atoms with Gasteiger partial charge in [0.2, 0.25) is 0 Å². The molecule has 0 radical (unpaired) electrons. The quantitative estimate of drug-likeness (QED) is 0.743. The van der Waals surface area contributed by atoms with Crippen LogP contribution in [-0.4, -0.2) is 30.9 Å². The molecule has 0 aliphatic carbocycles. The minimum atomic E-state index is 0.131. The fourth-order valence-corrected chi connectivity index (χ4v) is 1.78. The van der Waals surface area contributed by atoms with Crippen LogP contribution in [-0.2, 0) is 0 Å². The van der Waals surface area contributed by atoms with Gasteiger partial charge in [-0.25, -0.2) is 0 Å². The standard InChI is InChI=1S/C13H22N2O2/c1-4-17-13-9-11(5-6-12(13)14)15(7-8-16)10(2)3/h5-6,9-10,16H,4,7-8,14H2,1-3H3. The predicted molar refractivity (Wildman–Crippen MR) is 71.6 cm³/mol. The van der Waals surface area contributed by atoms with Gasteiger partial charge in [0.05, 0.1) is 18.9 Å². The van der Waals surface area contributed by atoms with Gasteiger partial charge >= 0.3 is 0 Å². The molecule has 0 aliphatic rings. The van der Waals surface area contributed by atoms with Crippen molar-refractivity contribution in [1.29, 1.82) is 0 Å². The van der Waals surface area contributed by atoms with Crippen LogP contribution in [0.15, 0.2) is 18.2 Å². The summed E-state index contributed by atoms with van der Waals surface area (Å²) in [5, 5.41) is 9.08. The molecule has 4 nitrogen and oxygen atoms in total. The number of aliphatic hydroxyl groups is 1. The Balaban J connectivity index is 2.99. The van der Waals surface area contributed by atoms with E-state index in [1.807, 2.05) is 25.1 Å². The average Bonchev–Trinajstić information content (AvgIpc) is 2.29. The Bertz CT molecular complexity index is 353. The van der Waals surface area contributed by atoms with Gasteiger partial charge in [0.15, 0.2) is 0 Å². The number of anilines is 2. The lowest BCUT2D eigenvalue weighted by Gasteiger charge is -2.28. The third kappa shape index (κ3) is 3.53. The van der Waals surface area contributed by atoms with E-state index in [1.54, 1.807) is 0 Å². The van der Waals surface area contributed by atoms with Gasteiger partial charge in [-0.3, -0.25) is 0 Å². The molecule has 0 unspecified atom stereocenters. The summed E-state index contributed by atoms with van der Waals surface area (Å²) in [4.78, 5) is 2.11. The highest BCUT2D eigenvalue weighted by molar-refractivity contribution is 5.62. The number of hydrogen-bond donors (Lipinski definition) is 2. The van der Waals surface area contributed by atoms with Crippen LogP contribution in [0, 0.1) is 0 Å². The topological polar surface area (TPSA) is 58.7 Å². The number of hydrogen-bond acceptors (Lipinski definition) is 4. The minimum Gasteiger partial charge on any atom is -0.492 e. The van der Waals surface area contributed by atoms with Crippen LogP contribution < -0.4 is 15.4 Å². The Labute approximate surface area is 103 Å². The van der Waals surface area contributed by atoms with E-state index >= 15 is 0 Å². The molecule has 0 saturated heterocycles. The maximum Gasteiger partial charge on any atom is 0.144 e. The third-order valence-electron chi connectivity index (χ3n) is 2.59. The molecule has 17 heavy (non-hydrogen) atoms. The van der Waals surface area contributed by atoms with Crippen LogP contribution >= 0.6 is 0 Å². The summed E-state index contributed by atoms with van der Waals surface area (Å²) < 4.78 is 5.47. The van der Waals surface area contributed by atoms with Gasteiger partial charge in [0, 0.05) is 24.3 Å². The molecule has 1 aromatic carbocycles. The van der Waals surface area contributed by atoms with Crippen molar-refractivity contribution in [3.05, 3.63) is 18.2 Å². The van der Waals surface area contributed by atoms with Crippen LogP contribution in [0.25, 0.3) is 0 Å². The Hall–Kier alpha value is -1.42. The molecule has 0 saturated carbocycles. The first-order chi connectivity index (χ1) is 8.10. The summed E-state index contributed by atoms with van der Waals surface area (Å²) in [6, 6.07) is 6.04. The maximum atomic E-state index is 9.08. The minimum absolute atomic E-state index is 0.131. The number of nitrogens with two attached hydrogens (primary N) is 1. The van der Waals surface area contributed by atoms with Gasteiger partial charge < -0.3 is 20.5 Å². The third-order valence-corrected chi connectivity index (χ3v) is 2.59. The molecule has 0 atom stereocenters. The van der Waals surface area contributed by atoms with Gasteiger partial charge in [-0.15, -0.1) is 0 Å². The van der Waals surface area contributed by atoms with Crippen LogP contribution in [0.3, 0.4) is 0 Å². The number of rotatable bonds is 6. The van der Waals surface area contributed by atoms with Crippen molar-refractivity contribution >= 4 is 11.4 Å². The largest absolute Gasteiger partial charge is 0.492 e. The van der Waals surface area contributed by atoms with Crippen LogP contribution in [0.5, 0.6) is 5.75 Å². The zero-order chi connectivity index (χ0) is 12.8. The molecule has 96 valence electrons. The SMILES string of the molecule is CCOc1cc(N(CCO)C(C)C)ccc1N.